The Labute approximate surface area is 133 Å². The molecule has 0 atom stereocenters. The number of ether oxygens (including phenoxy) is 1. The van der Waals surface area contributed by atoms with Gasteiger partial charge in [0.1, 0.15) is 17.3 Å². The van der Waals surface area contributed by atoms with E-state index in [4.69, 9.17) is 16.3 Å². The lowest BCUT2D eigenvalue weighted by Crippen LogP contribution is -2.27. The van der Waals surface area contributed by atoms with E-state index in [1.807, 2.05) is 13.8 Å². The van der Waals surface area contributed by atoms with Gasteiger partial charge in [-0.15, -0.1) is 0 Å². The van der Waals surface area contributed by atoms with Crippen molar-refractivity contribution in [2.45, 2.75) is 20.6 Å². The fraction of sp³-hybridized carbons (Fsp3) is 0.333. The molecule has 0 saturated heterocycles. The van der Waals surface area contributed by atoms with E-state index >= 15 is 0 Å². The largest absolute Gasteiger partial charge is 0.471 e. The highest BCUT2D eigenvalue weighted by Gasteiger charge is 2.10. The van der Waals surface area contributed by atoms with E-state index in [-0.39, 0.29) is 17.7 Å². The van der Waals surface area contributed by atoms with Crippen LogP contribution in [0.1, 0.15) is 24.3 Å². The molecule has 1 aromatic carbocycles. The molecule has 118 valence electrons. The molecule has 1 heterocycles. The summed E-state index contributed by atoms with van der Waals surface area (Å²) in [6.45, 7) is 4.72. The number of halogens is 2. The summed E-state index contributed by atoms with van der Waals surface area (Å²) in [6.07, 6.45) is 1.63. The number of aromatic nitrogens is 2. The molecule has 0 fully saturated rings. The molecular formula is C15H17ClFN3O2. The number of carbonyl (C=O) groups excluding carboxylic acids is 1. The fourth-order valence-electron chi connectivity index (χ4n) is 1.65. The molecule has 7 heteroatoms. The maximum absolute atomic E-state index is 13.0. The number of nitrogens with zero attached hydrogens (tertiary/aromatic N) is 2. The minimum Gasteiger partial charge on any atom is -0.471 e. The Morgan fingerprint density at radius 1 is 1.45 bits per heavy atom. The normalized spacial score (nSPS) is 10.8. The molecule has 0 spiro atoms. The molecule has 1 amide bonds. The molecule has 1 aromatic heterocycles. The molecule has 0 bridgehead atoms. The SMILES string of the molecule is CC(C)CNC(=O)c1ccn(COc2ccc(F)c(Cl)c2)n1. The van der Waals surface area contributed by atoms with Gasteiger partial charge in [0.15, 0.2) is 6.73 Å². The first kappa shape index (κ1) is 16.3. The molecule has 2 aromatic rings. The van der Waals surface area contributed by atoms with Crippen LogP contribution in [0.2, 0.25) is 5.02 Å². The van der Waals surface area contributed by atoms with Crippen molar-refractivity contribution in [1.29, 1.82) is 0 Å². The van der Waals surface area contributed by atoms with Gasteiger partial charge in [-0.25, -0.2) is 9.07 Å². The highest BCUT2D eigenvalue weighted by Crippen LogP contribution is 2.21. The van der Waals surface area contributed by atoms with Gasteiger partial charge in [-0.2, -0.15) is 5.10 Å². The third kappa shape index (κ3) is 4.46. The van der Waals surface area contributed by atoms with Crippen LogP contribution >= 0.6 is 11.6 Å². The first-order chi connectivity index (χ1) is 10.5. The zero-order valence-corrected chi connectivity index (χ0v) is 13.1. The van der Waals surface area contributed by atoms with Crippen LogP contribution < -0.4 is 10.1 Å². The number of carbonyl (C=O) groups is 1. The summed E-state index contributed by atoms with van der Waals surface area (Å²) in [5.41, 5.74) is 0.321. The van der Waals surface area contributed by atoms with Crippen LogP contribution in [0.25, 0.3) is 0 Å². The van der Waals surface area contributed by atoms with Gasteiger partial charge in [-0.3, -0.25) is 4.79 Å². The summed E-state index contributed by atoms with van der Waals surface area (Å²) in [6, 6.07) is 5.69. The Morgan fingerprint density at radius 2 is 2.23 bits per heavy atom. The second kappa shape index (κ2) is 7.26. The molecule has 22 heavy (non-hydrogen) atoms. The summed E-state index contributed by atoms with van der Waals surface area (Å²) in [4.78, 5) is 11.8. The first-order valence-electron chi connectivity index (χ1n) is 6.85. The van der Waals surface area contributed by atoms with Crippen molar-refractivity contribution in [3.8, 4) is 5.75 Å². The van der Waals surface area contributed by atoms with E-state index in [0.29, 0.717) is 23.9 Å². The van der Waals surface area contributed by atoms with Gasteiger partial charge in [0, 0.05) is 18.8 Å². The molecule has 2 rings (SSSR count). The Bertz CT molecular complexity index is 658. The number of hydrogen-bond donors (Lipinski definition) is 1. The Morgan fingerprint density at radius 3 is 2.91 bits per heavy atom. The zero-order chi connectivity index (χ0) is 16.1. The summed E-state index contributed by atoms with van der Waals surface area (Å²) in [5, 5.41) is 6.89. The van der Waals surface area contributed by atoms with Crippen LogP contribution in [-0.2, 0) is 6.73 Å². The van der Waals surface area contributed by atoms with Crippen molar-refractivity contribution in [3.05, 3.63) is 47.0 Å². The van der Waals surface area contributed by atoms with E-state index in [2.05, 4.69) is 10.4 Å². The maximum atomic E-state index is 13.0. The number of hydrogen-bond acceptors (Lipinski definition) is 3. The molecular weight excluding hydrogens is 309 g/mol. The Hall–Kier alpha value is -2.08. The van der Waals surface area contributed by atoms with E-state index in [1.165, 1.54) is 22.9 Å². The molecule has 5 nitrogen and oxygen atoms in total. The van der Waals surface area contributed by atoms with Gasteiger partial charge >= 0.3 is 0 Å². The van der Waals surface area contributed by atoms with Crippen molar-refractivity contribution < 1.29 is 13.9 Å². The molecule has 1 N–H and O–H groups in total. The van der Waals surface area contributed by atoms with Crippen LogP contribution in [0.15, 0.2) is 30.5 Å². The highest BCUT2D eigenvalue weighted by atomic mass is 35.5. The lowest BCUT2D eigenvalue weighted by molar-refractivity contribution is 0.0942. The smallest absolute Gasteiger partial charge is 0.271 e. The number of nitrogens with one attached hydrogen (secondary N) is 1. The number of rotatable bonds is 6. The highest BCUT2D eigenvalue weighted by molar-refractivity contribution is 6.30. The maximum Gasteiger partial charge on any atom is 0.271 e. The van der Waals surface area contributed by atoms with Gasteiger partial charge in [-0.1, -0.05) is 25.4 Å². The van der Waals surface area contributed by atoms with Crippen molar-refractivity contribution in [2.24, 2.45) is 5.92 Å². The van der Waals surface area contributed by atoms with Gasteiger partial charge in [-0.05, 0) is 24.1 Å². The van der Waals surface area contributed by atoms with E-state index < -0.39 is 5.82 Å². The zero-order valence-electron chi connectivity index (χ0n) is 12.3. The number of benzene rings is 1. The summed E-state index contributed by atoms with van der Waals surface area (Å²) < 4.78 is 19.9. The van der Waals surface area contributed by atoms with E-state index in [9.17, 15) is 9.18 Å². The van der Waals surface area contributed by atoms with E-state index in [1.54, 1.807) is 12.3 Å². The summed E-state index contributed by atoms with van der Waals surface area (Å²) in [7, 11) is 0. The Kier molecular flexibility index (Phi) is 5.38. The fourth-order valence-corrected chi connectivity index (χ4v) is 1.82. The lowest BCUT2D eigenvalue weighted by Gasteiger charge is -2.07. The van der Waals surface area contributed by atoms with Gasteiger partial charge in [0.25, 0.3) is 5.91 Å². The standard InChI is InChI=1S/C15H17ClFN3O2/c1-10(2)8-18-15(21)14-5-6-20(19-14)9-22-11-3-4-13(17)12(16)7-11/h3-7,10H,8-9H2,1-2H3,(H,18,21). The molecule has 0 unspecified atom stereocenters. The quantitative estimate of drug-likeness (QED) is 0.888. The van der Waals surface area contributed by atoms with Crippen LogP contribution in [-0.4, -0.2) is 22.2 Å². The summed E-state index contributed by atoms with van der Waals surface area (Å²) in [5.74, 6) is 0.0693. The predicted molar refractivity (Wildman–Crippen MR) is 81.4 cm³/mol. The van der Waals surface area contributed by atoms with Crippen LogP contribution in [0.5, 0.6) is 5.75 Å². The molecule has 0 radical (unpaired) electrons. The minimum atomic E-state index is -0.503. The molecule has 0 aliphatic rings. The van der Waals surface area contributed by atoms with Crippen LogP contribution in [0.4, 0.5) is 4.39 Å². The van der Waals surface area contributed by atoms with Gasteiger partial charge in [0.2, 0.25) is 0 Å². The summed E-state index contributed by atoms with van der Waals surface area (Å²) >= 11 is 5.67. The monoisotopic (exact) mass is 325 g/mol. The average molecular weight is 326 g/mol. The van der Waals surface area contributed by atoms with Crippen LogP contribution in [0.3, 0.4) is 0 Å². The molecule has 0 saturated carbocycles. The van der Waals surface area contributed by atoms with Crippen LogP contribution in [0, 0.1) is 11.7 Å². The van der Waals surface area contributed by atoms with Gasteiger partial charge < -0.3 is 10.1 Å². The average Bonchev–Trinajstić information content (AvgIpc) is 2.95. The number of amides is 1. The van der Waals surface area contributed by atoms with Crippen molar-refractivity contribution in [3.63, 3.8) is 0 Å². The topological polar surface area (TPSA) is 56.2 Å². The molecule has 0 aliphatic heterocycles. The third-order valence-electron chi connectivity index (χ3n) is 2.80. The lowest BCUT2D eigenvalue weighted by atomic mass is 10.2. The van der Waals surface area contributed by atoms with Crippen molar-refractivity contribution >= 4 is 17.5 Å². The van der Waals surface area contributed by atoms with E-state index in [0.717, 1.165) is 0 Å². The van der Waals surface area contributed by atoms with Crippen molar-refractivity contribution in [1.82, 2.24) is 15.1 Å². The Balaban J connectivity index is 1.91. The second-order valence-electron chi connectivity index (χ2n) is 5.19. The minimum absolute atomic E-state index is 0.00767. The third-order valence-corrected chi connectivity index (χ3v) is 3.09. The first-order valence-corrected chi connectivity index (χ1v) is 7.23. The van der Waals surface area contributed by atoms with Gasteiger partial charge in [0.05, 0.1) is 5.02 Å². The molecule has 0 aliphatic carbocycles. The predicted octanol–water partition coefficient (Wildman–Crippen LogP) is 3.10. The second-order valence-corrected chi connectivity index (χ2v) is 5.60. The van der Waals surface area contributed by atoms with Crippen molar-refractivity contribution in [2.75, 3.05) is 6.54 Å².